The Morgan fingerprint density at radius 2 is 2.00 bits per heavy atom. The van der Waals surface area contributed by atoms with Gasteiger partial charge in [0.2, 0.25) is 5.91 Å². The molecule has 22 heavy (non-hydrogen) atoms. The van der Waals surface area contributed by atoms with Crippen molar-refractivity contribution in [1.82, 2.24) is 20.2 Å². The maximum Gasteiger partial charge on any atom is 0.272 e. The molecule has 0 saturated carbocycles. The zero-order valence-corrected chi connectivity index (χ0v) is 13.4. The van der Waals surface area contributed by atoms with Crippen LogP contribution < -0.4 is 4.90 Å². The van der Waals surface area contributed by atoms with Gasteiger partial charge in [-0.25, -0.2) is 0 Å². The van der Waals surface area contributed by atoms with Gasteiger partial charge in [0.05, 0.1) is 6.54 Å². The SMILES string of the molecule is CCCCN(C(=O)C(C)C)c1nnn(Cc2ccccc2)n1. The van der Waals surface area contributed by atoms with E-state index in [-0.39, 0.29) is 11.8 Å². The van der Waals surface area contributed by atoms with Gasteiger partial charge in [-0.3, -0.25) is 9.69 Å². The van der Waals surface area contributed by atoms with Gasteiger partial charge in [-0.2, -0.15) is 4.80 Å². The van der Waals surface area contributed by atoms with Crippen LogP contribution in [0.2, 0.25) is 0 Å². The molecule has 1 aromatic heterocycles. The molecule has 0 spiro atoms. The molecule has 1 heterocycles. The second kappa shape index (κ2) is 7.68. The van der Waals surface area contributed by atoms with E-state index in [1.54, 1.807) is 4.90 Å². The number of hydrogen-bond acceptors (Lipinski definition) is 4. The minimum absolute atomic E-state index is 0.0349. The first-order valence-corrected chi connectivity index (χ1v) is 7.75. The van der Waals surface area contributed by atoms with Gasteiger partial charge in [0.25, 0.3) is 5.95 Å². The van der Waals surface area contributed by atoms with E-state index < -0.39 is 0 Å². The summed E-state index contributed by atoms with van der Waals surface area (Å²) < 4.78 is 0. The third-order valence-electron chi connectivity index (χ3n) is 3.35. The van der Waals surface area contributed by atoms with Gasteiger partial charge in [-0.1, -0.05) is 62.6 Å². The topological polar surface area (TPSA) is 63.9 Å². The Morgan fingerprint density at radius 3 is 2.64 bits per heavy atom. The monoisotopic (exact) mass is 301 g/mol. The van der Waals surface area contributed by atoms with E-state index >= 15 is 0 Å². The number of rotatable bonds is 7. The molecule has 0 unspecified atom stereocenters. The summed E-state index contributed by atoms with van der Waals surface area (Å²) in [5.74, 6) is 0.341. The van der Waals surface area contributed by atoms with Crippen LogP contribution in [-0.4, -0.2) is 32.7 Å². The van der Waals surface area contributed by atoms with Gasteiger partial charge in [0, 0.05) is 12.5 Å². The molecule has 2 rings (SSSR count). The zero-order valence-electron chi connectivity index (χ0n) is 13.4. The Balaban J connectivity index is 2.13. The van der Waals surface area contributed by atoms with Crippen molar-refractivity contribution in [2.75, 3.05) is 11.4 Å². The molecular formula is C16H23N5O. The Hall–Kier alpha value is -2.24. The molecule has 2 aromatic rings. The van der Waals surface area contributed by atoms with Crippen LogP contribution in [0.4, 0.5) is 5.95 Å². The smallest absolute Gasteiger partial charge is 0.272 e. The van der Waals surface area contributed by atoms with Crippen LogP contribution in [0.3, 0.4) is 0 Å². The number of amides is 1. The molecule has 0 atom stereocenters. The number of carbonyl (C=O) groups excluding carboxylic acids is 1. The summed E-state index contributed by atoms with van der Waals surface area (Å²) >= 11 is 0. The van der Waals surface area contributed by atoms with E-state index in [9.17, 15) is 4.79 Å². The lowest BCUT2D eigenvalue weighted by Gasteiger charge is -2.20. The number of tetrazole rings is 1. The minimum atomic E-state index is -0.0853. The molecular weight excluding hydrogens is 278 g/mol. The Kier molecular flexibility index (Phi) is 5.63. The van der Waals surface area contributed by atoms with Crippen molar-refractivity contribution in [2.45, 2.75) is 40.2 Å². The predicted octanol–water partition coefficient (Wildman–Crippen LogP) is 2.51. The number of anilines is 1. The van der Waals surface area contributed by atoms with Crippen molar-refractivity contribution >= 4 is 11.9 Å². The van der Waals surface area contributed by atoms with Crippen molar-refractivity contribution in [2.24, 2.45) is 5.92 Å². The van der Waals surface area contributed by atoms with E-state index in [4.69, 9.17) is 0 Å². The Morgan fingerprint density at radius 1 is 1.27 bits per heavy atom. The highest BCUT2D eigenvalue weighted by Crippen LogP contribution is 2.12. The van der Waals surface area contributed by atoms with Crippen LogP contribution >= 0.6 is 0 Å². The lowest BCUT2D eigenvalue weighted by molar-refractivity contribution is -0.121. The van der Waals surface area contributed by atoms with Crippen LogP contribution in [0.25, 0.3) is 0 Å². The second-order valence-electron chi connectivity index (χ2n) is 5.60. The number of carbonyl (C=O) groups is 1. The molecule has 0 aliphatic heterocycles. The Bertz CT molecular complexity index is 594. The van der Waals surface area contributed by atoms with Gasteiger partial charge in [-0.15, -0.1) is 5.10 Å². The number of benzene rings is 1. The predicted molar refractivity (Wildman–Crippen MR) is 85.5 cm³/mol. The largest absolute Gasteiger partial charge is 0.278 e. The number of nitrogens with zero attached hydrogens (tertiary/aromatic N) is 5. The normalized spacial score (nSPS) is 10.9. The van der Waals surface area contributed by atoms with E-state index in [0.717, 1.165) is 18.4 Å². The second-order valence-corrected chi connectivity index (χ2v) is 5.60. The molecule has 6 nitrogen and oxygen atoms in total. The molecule has 0 bridgehead atoms. The lowest BCUT2D eigenvalue weighted by Crippen LogP contribution is -2.36. The summed E-state index contributed by atoms with van der Waals surface area (Å²) in [5, 5.41) is 12.5. The van der Waals surface area contributed by atoms with Crippen molar-refractivity contribution < 1.29 is 4.79 Å². The molecule has 1 aromatic carbocycles. The molecule has 1 amide bonds. The van der Waals surface area contributed by atoms with E-state index in [1.807, 2.05) is 44.2 Å². The lowest BCUT2D eigenvalue weighted by atomic mass is 10.2. The summed E-state index contributed by atoms with van der Waals surface area (Å²) in [6.07, 6.45) is 1.94. The van der Waals surface area contributed by atoms with Gasteiger partial charge in [0.15, 0.2) is 0 Å². The van der Waals surface area contributed by atoms with Crippen LogP contribution in [0.15, 0.2) is 30.3 Å². The van der Waals surface area contributed by atoms with Gasteiger partial charge in [-0.05, 0) is 17.2 Å². The molecule has 6 heteroatoms. The minimum Gasteiger partial charge on any atom is -0.278 e. The number of unbranched alkanes of at least 4 members (excludes halogenated alkanes) is 1. The number of aromatic nitrogens is 4. The highest BCUT2D eigenvalue weighted by Gasteiger charge is 2.22. The summed E-state index contributed by atoms with van der Waals surface area (Å²) in [6, 6.07) is 9.94. The highest BCUT2D eigenvalue weighted by atomic mass is 16.2. The molecule has 118 valence electrons. The third-order valence-corrected chi connectivity index (χ3v) is 3.35. The van der Waals surface area contributed by atoms with Gasteiger partial charge in [0.1, 0.15) is 0 Å². The van der Waals surface area contributed by atoms with E-state index in [0.29, 0.717) is 19.0 Å². The van der Waals surface area contributed by atoms with Gasteiger partial charge < -0.3 is 0 Å². The number of hydrogen-bond donors (Lipinski definition) is 0. The van der Waals surface area contributed by atoms with Gasteiger partial charge >= 0.3 is 0 Å². The summed E-state index contributed by atoms with van der Waals surface area (Å²) in [7, 11) is 0. The highest BCUT2D eigenvalue weighted by molar-refractivity contribution is 5.92. The molecule has 0 aliphatic rings. The third kappa shape index (κ3) is 4.13. The molecule has 0 radical (unpaired) electrons. The maximum absolute atomic E-state index is 12.3. The summed E-state index contributed by atoms with van der Waals surface area (Å²) in [5.41, 5.74) is 1.10. The molecule has 0 saturated heterocycles. The van der Waals surface area contributed by atoms with Crippen molar-refractivity contribution in [3.63, 3.8) is 0 Å². The first kappa shape index (κ1) is 16.1. The van der Waals surface area contributed by atoms with Crippen molar-refractivity contribution in [3.05, 3.63) is 35.9 Å². The summed E-state index contributed by atoms with van der Waals surface area (Å²) in [4.78, 5) is 15.5. The summed E-state index contributed by atoms with van der Waals surface area (Å²) in [6.45, 7) is 7.04. The average Bonchev–Trinajstić information content (AvgIpc) is 2.96. The van der Waals surface area contributed by atoms with Crippen LogP contribution in [0.5, 0.6) is 0 Å². The average molecular weight is 301 g/mol. The first-order valence-electron chi connectivity index (χ1n) is 7.75. The van der Waals surface area contributed by atoms with Crippen molar-refractivity contribution in [1.29, 1.82) is 0 Å². The zero-order chi connectivity index (χ0) is 15.9. The fraction of sp³-hybridized carbons (Fsp3) is 0.500. The first-order chi connectivity index (χ1) is 10.6. The molecule has 0 N–H and O–H groups in total. The van der Waals surface area contributed by atoms with E-state index in [2.05, 4.69) is 22.3 Å². The Labute approximate surface area is 131 Å². The standard InChI is InChI=1S/C16H23N5O/c1-4-5-11-20(15(22)13(2)3)16-17-19-21(18-16)12-14-9-7-6-8-10-14/h6-10,13H,4-5,11-12H2,1-3H3. The van der Waals surface area contributed by atoms with Crippen LogP contribution in [0.1, 0.15) is 39.2 Å². The van der Waals surface area contributed by atoms with E-state index in [1.165, 1.54) is 4.80 Å². The fourth-order valence-electron chi connectivity index (χ4n) is 2.09. The van der Waals surface area contributed by atoms with Crippen molar-refractivity contribution in [3.8, 4) is 0 Å². The van der Waals surface area contributed by atoms with Crippen LogP contribution in [-0.2, 0) is 11.3 Å². The maximum atomic E-state index is 12.3. The molecule has 0 fully saturated rings. The van der Waals surface area contributed by atoms with Crippen LogP contribution in [0, 0.1) is 5.92 Å². The quantitative estimate of drug-likeness (QED) is 0.788. The molecule has 0 aliphatic carbocycles. The fourth-order valence-corrected chi connectivity index (χ4v) is 2.09.